The molecule has 6 heteroatoms. The molecule has 0 aromatic heterocycles. The molecule has 0 aliphatic rings. The zero-order chi connectivity index (χ0) is 14.0. The van der Waals surface area contributed by atoms with Gasteiger partial charge in [-0.1, -0.05) is 15.9 Å². The Balaban J connectivity index is 2.31. The van der Waals surface area contributed by atoms with Crippen molar-refractivity contribution in [3.63, 3.8) is 0 Å². The van der Waals surface area contributed by atoms with Crippen LogP contribution in [0.4, 0.5) is 11.4 Å². The van der Waals surface area contributed by atoms with E-state index < -0.39 is 4.92 Å². The molecule has 2 aromatic rings. The summed E-state index contributed by atoms with van der Waals surface area (Å²) in [7, 11) is 0. The van der Waals surface area contributed by atoms with Crippen LogP contribution in [0.5, 0.6) is 11.5 Å². The number of rotatable bonds is 3. The Bertz CT molecular complexity index is 644. The lowest BCUT2D eigenvalue weighted by Gasteiger charge is -2.10. The van der Waals surface area contributed by atoms with Crippen LogP contribution in [0.3, 0.4) is 0 Å². The van der Waals surface area contributed by atoms with Crippen molar-refractivity contribution in [2.24, 2.45) is 0 Å². The Labute approximate surface area is 118 Å². The number of aryl methyl sites for hydroxylation is 1. The molecule has 5 nitrogen and oxygen atoms in total. The van der Waals surface area contributed by atoms with Gasteiger partial charge in [0.2, 0.25) is 0 Å². The van der Waals surface area contributed by atoms with Crippen LogP contribution in [0.2, 0.25) is 0 Å². The SMILES string of the molecule is Cc1cc(Br)ccc1Oc1ccc([N+](=O)[O-])cc1N. The quantitative estimate of drug-likeness (QED) is 0.525. The summed E-state index contributed by atoms with van der Waals surface area (Å²) in [6.07, 6.45) is 0. The molecule has 0 bridgehead atoms. The second-order valence-electron chi connectivity index (χ2n) is 3.99. The molecule has 0 saturated heterocycles. The van der Waals surface area contributed by atoms with E-state index in [1.807, 2.05) is 19.1 Å². The van der Waals surface area contributed by atoms with Crippen LogP contribution >= 0.6 is 15.9 Å². The van der Waals surface area contributed by atoms with E-state index in [1.54, 1.807) is 6.07 Å². The van der Waals surface area contributed by atoms with E-state index >= 15 is 0 Å². The highest BCUT2D eigenvalue weighted by molar-refractivity contribution is 9.10. The molecule has 0 saturated carbocycles. The van der Waals surface area contributed by atoms with Crippen LogP contribution in [0.1, 0.15) is 5.56 Å². The summed E-state index contributed by atoms with van der Waals surface area (Å²) in [6, 6.07) is 9.71. The van der Waals surface area contributed by atoms with Gasteiger partial charge in [-0.3, -0.25) is 10.1 Å². The smallest absolute Gasteiger partial charge is 0.271 e. The summed E-state index contributed by atoms with van der Waals surface area (Å²) in [4.78, 5) is 10.1. The predicted octanol–water partition coefficient (Wildman–Crippen LogP) is 4.04. The van der Waals surface area contributed by atoms with E-state index in [4.69, 9.17) is 10.5 Å². The molecular formula is C13H11BrN2O3. The molecule has 0 unspecified atom stereocenters. The number of nitro groups is 1. The van der Waals surface area contributed by atoms with Gasteiger partial charge in [0.05, 0.1) is 10.6 Å². The minimum atomic E-state index is -0.495. The van der Waals surface area contributed by atoms with Crippen LogP contribution in [-0.4, -0.2) is 4.92 Å². The standard InChI is InChI=1S/C13H11BrN2O3/c1-8-6-9(14)2-4-12(8)19-13-5-3-10(16(17)18)7-11(13)15/h2-7H,15H2,1H3. The number of non-ortho nitro benzene ring substituents is 1. The summed E-state index contributed by atoms with van der Waals surface area (Å²) >= 11 is 3.37. The molecule has 0 spiro atoms. The third-order valence-electron chi connectivity index (χ3n) is 2.56. The first-order chi connectivity index (χ1) is 8.97. The summed E-state index contributed by atoms with van der Waals surface area (Å²) in [5.41, 5.74) is 6.86. The number of nitrogens with zero attached hydrogens (tertiary/aromatic N) is 1. The largest absolute Gasteiger partial charge is 0.455 e. The molecule has 98 valence electrons. The highest BCUT2D eigenvalue weighted by Crippen LogP contribution is 2.32. The second-order valence-corrected chi connectivity index (χ2v) is 4.91. The summed E-state index contributed by atoms with van der Waals surface area (Å²) < 4.78 is 6.61. The molecule has 0 heterocycles. The monoisotopic (exact) mass is 322 g/mol. The minimum Gasteiger partial charge on any atom is -0.455 e. The Morgan fingerprint density at radius 2 is 1.89 bits per heavy atom. The Morgan fingerprint density at radius 1 is 1.21 bits per heavy atom. The van der Waals surface area contributed by atoms with Gasteiger partial charge in [0.15, 0.2) is 5.75 Å². The predicted molar refractivity (Wildman–Crippen MR) is 76.5 cm³/mol. The molecule has 2 rings (SSSR count). The van der Waals surface area contributed by atoms with Crippen molar-refractivity contribution in [1.29, 1.82) is 0 Å². The molecule has 0 amide bonds. The van der Waals surface area contributed by atoms with E-state index in [0.29, 0.717) is 11.5 Å². The minimum absolute atomic E-state index is 0.0580. The maximum absolute atomic E-state index is 10.6. The molecule has 0 fully saturated rings. The zero-order valence-electron chi connectivity index (χ0n) is 10.1. The van der Waals surface area contributed by atoms with Gasteiger partial charge >= 0.3 is 0 Å². The van der Waals surface area contributed by atoms with Gasteiger partial charge in [0.25, 0.3) is 5.69 Å². The zero-order valence-corrected chi connectivity index (χ0v) is 11.7. The lowest BCUT2D eigenvalue weighted by atomic mass is 10.2. The second kappa shape index (κ2) is 5.27. The molecule has 2 N–H and O–H groups in total. The van der Waals surface area contributed by atoms with Gasteiger partial charge in [-0.05, 0) is 36.8 Å². The average Bonchev–Trinajstić information content (AvgIpc) is 2.34. The number of nitro benzene ring substituents is 1. The van der Waals surface area contributed by atoms with Gasteiger partial charge in [-0.15, -0.1) is 0 Å². The summed E-state index contributed by atoms with van der Waals surface area (Å²) in [5.74, 6) is 1.06. The Kier molecular flexibility index (Phi) is 3.71. The topological polar surface area (TPSA) is 78.4 Å². The molecule has 0 aliphatic heterocycles. The highest BCUT2D eigenvalue weighted by Gasteiger charge is 2.11. The number of anilines is 1. The van der Waals surface area contributed by atoms with Crippen molar-refractivity contribution < 1.29 is 9.66 Å². The molecule has 0 radical (unpaired) electrons. The van der Waals surface area contributed by atoms with Crippen LogP contribution in [-0.2, 0) is 0 Å². The van der Waals surface area contributed by atoms with E-state index in [2.05, 4.69) is 15.9 Å². The van der Waals surface area contributed by atoms with Gasteiger partial charge < -0.3 is 10.5 Å². The molecule has 2 aromatic carbocycles. The van der Waals surface area contributed by atoms with E-state index in [9.17, 15) is 10.1 Å². The number of hydrogen-bond donors (Lipinski definition) is 1. The third kappa shape index (κ3) is 3.03. The van der Waals surface area contributed by atoms with Gasteiger partial charge in [0, 0.05) is 16.6 Å². The van der Waals surface area contributed by atoms with Crippen molar-refractivity contribution in [3.8, 4) is 11.5 Å². The average molecular weight is 323 g/mol. The number of hydrogen-bond acceptors (Lipinski definition) is 4. The lowest BCUT2D eigenvalue weighted by molar-refractivity contribution is -0.384. The maximum Gasteiger partial charge on any atom is 0.271 e. The molecular weight excluding hydrogens is 312 g/mol. The van der Waals surface area contributed by atoms with Crippen LogP contribution in [0, 0.1) is 17.0 Å². The fraction of sp³-hybridized carbons (Fsp3) is 0.0769. The first kappa shape index (κ1) is 13.4. The van der Waals surface area contributed by atoms with Crippen molar-refractivity contribution >= 4 is 27.3 Å². The highest BCUT2D eigenvalue weighted by atomic mass is 79.9. The number of ether oxygens (including phenoxy) is 1. The Morgan fingerprint density at radius 3 is 2.47 bits per heavy atom. The normalized spacial score (nSPS) is 10.2. The molecule has 19 heavy (non-hydrogen) atoms. The fourth-order valence-electron chi connectivity index (χ4n) is 1.59. The van der Waals surface area contributed by atoms with E-state index in [0.717, 1.165) is 10.0 Å². The summed E-state index contributed by atoms with van der Waals surface area (Å²) in [5, 5.41) is 10.6. The maximum atomic E-state index is 10.6. The van der Waals surface area contributed by atoms with Gasteiger partial charge in [-0.2, -0.15) is 0 Å². The third-order valence-corrected chi connectivity index (χ3v) is 3.05. The van der Waals surface area contributed by atoms with Crippen LogP contribution in [0.25, 0.3) is 0 Å². The number of halogens is 1. The number of benzene rings is 2. The van der Waals surface area contributed by atoms with Crippen LogP contribution < -0.4 is 10.5 Å². The van der Waals surface area contributed by atoms with Crippen LogP contribution in [0.15, 0.2) is 40.9 Å². The number of nitrogens with two attached hydrogens (primary N) is 1. The van der Waals surface area contributed by atoms with Crippen molar-refractivity contribution in [2.75, 3.05) is 5.73 Å². The van der Waals surface area contributed by atoms with Gasteiger partial charge in [0.1, 0.15) is 5.75 Å². The summed E-state index contributed by atoms with van der Waals surface area (Å²) in [6.45, 7) is 1.90. The molecule has 0 atom stereocenters. The first-order valence-corrected chi connectivity index (χ1v) is 6.24. The molecule has 0 aliphatic carbocycles. The van der Waals surface area contributed by atoms with Crippen molar-refractivity contribution in [3.05, 3.63) is 56.5 Å². The van der Waals surface area contributed by atoms with Crippen molar-refractivity contribution in [2.45, 2.75) is 6.92 Å². The van der Waals surface area contributed by atoms with E-state index in [-0.39, 0.29) is 11.4 Å². The lowest BCUT2D eigenvalue weighted by Crippen LogP contribution is -1.95. The first-order valence-electron chi connectivity index (χ1n) is 5.45. The fourth-order valence-corrected chi connectivity index (χ4v) is 2.06. The van der Waals surface area contributed by atoms with Crippen molar-refractivity contribution in [1.82, 2.24) is 0 Å². The number of nitrogen functional groups attached to an aromatic ring is 1. The Hall–Kier alpha value is -2.08. The van der Waals surface area contributed by atoms with Gasteiger partial charge in [-0.25, -0.2) is 0 Å². The van der Waals surface area contributed by atoms with E-state index in [1.165, 1.54) is 18.2 Å².